The Hall–Kier alpha value is -3.81. The van der Waals surface area contributed by atoms with Gasteiger partial charge < -0.3 is 4.90 Å². The number of amides is 1. The number of carbonyl (C=O) groups is 1. The second kappa shape index (κ2) is 12.4. The maximum atomic E-state index is 14.0. The lowest BCUT2D eigenvalue weighted by Gasteiger charge is -2.36. The van der Waals surface area contributed by atoms with E-state index in [1.54, 1.807) is 18.3 Å². The average Bonchev–Trinajstić information content (AvgIpc) is 3.83. The number of aromatic nitrogens is 2. The molecule has 1 unspecified atom stereocenters. The molecular formula is C36H40FN5O. The van der Waals surface area contributed by atoms with Crippen molar-refractivity contribution in [1.82, 2.24) is 24.5 Å². The molecule has 1 amide bonds. The van der Waals surface area contributed by atoms with Crippen molar-refractivity contribution < 1.29 is 9.18 Å². The Morgan fingerprint density at radius 1 is 0.767 bits per heavy atom. The minimum Gasteiger partial charge on any atom is -0.338 e. The number of benzene rings is 3. The predicted molar refractivity (Wildman–Crippen MR) is 167 cm³/mol. The zero-order chi connectivity index (χ0) is 29.2. The molecule has 0 aliphatic carbocycles. The van der Waals surface area contributed by atoms with E-state index in [1.165, 1.54) is 29.7 Å². The smallest absolute Gasteiger partial charge is 0.257 e. The highest BCUT2D eigenvalue weighted by Gasteiger charge is 2.36. The van der Waals surface area contributed by atoms with Crippen LogP contribution in [0.3, 0.4) is 0 Å². The first-order chi connectivity index (χ1) is 21.1. The summed E-state index contributed by atoms with van der Waals surface area (Å²) in [6.45, 7) is 6.75. The van der Waals surface area contributed by atoms with E-state index in [0.717, 1.165) is 76.5 Å². The van der Waals surface area contributed by atoms with Crippen LogP contribution < -0.4 is 0 Å². The lowest BCUT2D eigenvalue weighted by molar-refractivity contribution is 0.0787. The molecule has 222 valence electrons. The van der Waals surface area contributed by atoms with Crippen LogP contribution in [-0.4, -0.2) is 75.7 Å². The molecule has 3 saturated heterocycles. The minimum absolute atomic E-state index is 0.0663. The first kappa shape index (κ1) is 28.0. The number of carbonyl (C=O) groups excluding carboxylic acids is 1. The molecule has 2 atom stereocenters. The second-order valence-electron chi connectivity index (χ2n) is 12.5. The summed E-state index contributed by atoms with van der Waals surface area (Å²) in [5, 5.41) is 4.73. The van der Waals surface area contributed by atoms with Crippen LogP contribution in [0.15, 0.2) is 91.1 Å². The highest BCUT2D eigenvalue weighted by atomic mass is 19.1. The fraction of sp³-hybridized carbons (Fsp3) is 0.389. The van der Waals surface area contributed by atoms with E-state index in [2.05, 4.69) is 64.4 Å². The number of nitrogens with zero attached hydrogens (tertiary/aromatic N) is 5. The summed E-state index contributed by atoms with van der Waals surface area (Å²) in [6.07, 6.45) is 5.89. The normalized spacial score (nSPS) is 21.9. The monoisotopic (exact) mass is 577 g/mol. The molecule has 7 rings (SSSR count). The Kier molecular flexibility index (Phi) is 8.09. The number of halogens is 1. The van der Waals surface area contributed by atoms with Gasteiger partial charge in [0, 0.05) is 50.6 Å². The summed E-state index contributed by atoms with van der Waals surface area (Å²) < 4.78 is 15.7. The number of rotatable bonds is 7. The molecule has 3 fully saturated rings. The van der Waals surface area contributed by atoms with E-state index in [9.17, 15) is 9.18 Å². The highest BCUT2D eigenvalue weighted by Crippen LogP contribution is 2.36. The van der Waals surface area contributed by atoms with Crippen molar-refractivity contribution in [3.05, 3.63) is 119 Å². The molecule has 4 aromatic rings. The summed E-state index contributed by atoms with van der Waals surface area (Å²) in [6, 6.07) is 28.3. The Morgan fingerprint density at radius 3 is 2.21 bits per heavy atom. The van der Waals surface area contributed by atoms with Crippen LogP contribution in [0.2, 0.25) is 0 Å². The van der Waals surface area contributed by atoms with E-state index in [-0.39, 0.29) is 17.6 Å². The first-order valence-electron chi connectivity index (χ1n) is 15.8. The molecule has 0 bridgehead atoms. The van der Waals surface area contributed by atoms with Gasteiger partial charge >= 0.3 is 0 Å². The van der Waals surface area contributed by atoms with Crippen molar-refractivity contribution in [2.75, 3.05) is 39.3 Å². The molecule has 7 heteroatoms. The van der Waals surface area contributed by atoms with Gasteiger partial charge in [-0.05, 0) is 74.2 Å². The van der Waals surface area contributed by atoms with Gasteiger partial charge in [0.25, 0.3) is 5.91 Å². The zero-order valence-electron chi connectivity index (χ0n) is 24.7. The van der Waals surface area contributed by atoms with Crippen molar-refractivity contribution in [3.63, 3.8) is 0 Å². The standard InChI is InChI=1S/C36H40FN5O/c37-31-11-13-32(14-12-31)42-35(34(23-38-42)36(43)41-22-17-30(25-41)28-9-5-2-6-10-28)29-15-20-40(21-16-29)33-18-19-39(26-33)24-27-7-3-1-4-8-27/h1-14,23,29-30,33H,15-22,24-26H2/t30-,33?/m0/s1. The van der Waals surface area contributed by atoms with Gasteiger partial charge in [0.15, 0.2) is 0 Å². The van der Waals surface area contributed by atoms with Gasteiger partial charge in [-0.25, -0.2) is 9.07 Å². The van der Waals surface area contributed by atoms with Crippen LogP contribution in [0.1, 0.15) is 64.7 Å². The van der Waals surface area contributed by atoms with Gasteiger partial charge in [-0.2, -0.15) is 5.10 Å². The van der Waals surface area contributed by atoms with Gasteiger partial charge in [0.2, 0.25) is 0 Å². The Labute approximate surface area is 253 Å². The highest BCUT2D eigenvalue weighted by molar-refractivity contribution is 5.95. The van der Waals surface area contributed by atoms with E-state index < -0.39 is 0 Å². The molecule has 0 spiro atoms. The summed E-state index contributed by atoms with van der Waals surface area (Å²) >= 11 is 0. The summed E-state index contributed by atoms with van der Waals surface area (Å²) in [5.41, 5.74) is 5.15. The molecule has 0 saturated carbocycles. The first-order valence-corrected chi connectivity index (χ1v) is 15.8. The van der Waals surface area contributed by atoms with E-state index >= 15 is 0 Å². The Bertz CT molecular complexity index is 1510. The second-order valence-corrected chi connectivity index (χ2v) is 12.5. The maximum absolute atomic E-state index is 14.0. The average molecular weight is 578 g/mol. The van der Waals surface area contributed by atoms with E-state index in [1.807, 2.05) is 15.6 Å². The number of likely N-dealkylation sites (tertiary alicyclic amines) is 3. The topological polar surface area (TPSA) is 44.6 Å². The summed E-state index contributed by atoms with van der Waals surface area (Å²) in [5.74, 6) is 0.370. The van der Waals surface area contributed by atoms with Crippen LogP contribution in [0, 0.1) is 5.82 Å². The number of hydrogen-bond donors (Lipinski definition) is 0. The molecule has 3 aliphatic rings. The predicted octanol–water partition coefficient (Wildman–Crippen LogP) is 6.10. The van der Waals surface area contributed by atoms with Crippen LogP contribution in [0.25, 0.3) is 5.69 Å². The molecule has 43 heavy (non-hydrogen) atoms. The van der Waals surface area contributed by atoms with Gasteiger partial charge in [0.05, 0.1) is 23.1 Å². The van der Waals surface area contributed by atoms with Crippen LogP contribution >= 0.6 is 0 Å². The molecule has 4 heterocycles. The minimum atomic E-state index is -0.274. The fourth-order valence-corrected chi connectivity index (χ4v) is 7.45. The van der Waals surface area contributed by atoms with Gasteiger partial charge in [-0.3, -0.25) is 14.6 Å². The Balaban J connectivity index is 1.07. The lowest BCUT2D eigenvalue weighted by atomic mass is 9.89. The van der Waals surface area contributed by atoms with Crippen LogP contribution in [0.5, 0.6) is 0 Å². The van der Waals surface area contributed by atoms with Crippen molar-refractivity contribution in [2.45, 2.75) is 50.1 Å². The molecule has 6 nitrogen and oxygen atoms in total. The molecule has 0 radical (unpaired) electrons. The van der Waals surface area contributed by atoms with E-state index in [0.29, 0.717) is 17.5 Å². The summed E-state index contributed by atoms with van der Waals surface area (Å²) in [7, 11) is 0. The van der Waals surface area contributed by atoms with Crippen molar-refractivity contribution in [3.8, 4) is 5.69 Å². The SMILES string of the molecule is O=C(c1cnn(-c2ccc(F)cc2)c1C1CCN(C2CCN(Cc3ccccc3)C2)CC1)N1CC[C@H](c2ccccc2)C1. The quantitative estimate of drug-likeness (QED) is 0.267. The largest absolute Gasteiger partial charge is 0.338 e. The molecular weight excluding hydrogens is 537 g/mol. The summed E-state index contributed by atoms with van der Waals surface area (Å²) in [4.78, 5) is 21.3. The van der Waals surface area contributed by atoms with Crippen molar-refractivity contribution >= 4 is 5.91 Å². The lowest BCUT2D eigenvalue weighted by Crippen LogP contribution is -2.42. The third-order valence-corrected chi connectivity index (χ3v) is 9.78. The third kappa shape index (κ3) is 6.01. The van der Waals surface area contributed by atoms with Crippen LogP contribution in [0.4, 0.5) is 4.39 Å². The number of piperidine rings is 1. The maximum Gasteiger partial charge on any atom is 0.257 e. The molecule has 0 N–H and O–H groups in total. The zero-order valence-corrected chi connectivity index (χ0v) is 24.7. The fourth-order valence-electron chi connectivity index (χ4n) is 7.45. The van der Waals surface area contributed by atoms with Gasteiger partial charge in [-0.1, -0.05) is 60.7 Å². The van der Waals surface area contributed by atoms with Crippen LogP contribution in [-0.2, 0) is 6.54 Å². The third-order valence-electron chi connectivity index (χ3n) is 9.78. The van der Waals surface area contributed by atoms with Crippen molar-refractivity contribution in [2.24, 2.45) is 0 Å². The van der Waals surface area contributed by atoms with E-state index in [4.69, 9.17) is 5.10 Å². The molecule has 3 aromatic carbocycles. The molecule has 1 aromatic heterocycles. The number of hydrogen-bond acceptors (Lipinski definition) is 4. The van der Waals surface area contributed by atoms with Crippen molar-refractivity contribution in [1.29, 1.82) is 0 Å². The van der Waals surface area contributed by atoms with Gasteiger partial charge in [0.1, 0.15) is 5.82 Å². The Morgan fingerprint density at radius 2 is 1.47 bits per heavy atom. The van der Waals surface area contributed by atoms with Gasteiger partial charge in [-0.15, -0.1) is 0 Å². The molecule has 3 aliphatic heterocycles.